The number of hydrogen-bond acceptors (Lipinski definition) is 6. The minimum atomic E-state index is -0.856. The SMILES string of the molecule is CC(C)(C)OC(=O)N[C@](C)(CO)CCc1ccc(Sc2cc(OCc3ccccc3)ccc2O)cc1Cl. The van der Waals surface area contributed by atoms with Crippen molar-refractivity contribution in [1.29, 1.82) is 0 Å². The van der Waals surface area contributed by atoms with Gasteiger partial charge in [0, 0.05) is 9.92 Å². The Balaban J connectivity index is 1.62. The quantitative estimate of drug-likeness (QED) is 0.255. The van der Waals surface area contributed by atoms with Crippen LogP contribution in [0.5, 0.6) is 11.5 Å². The number of aliphatic hydroxyl groups excluding tert-OH is 1. The standard InChI is InChI=1S/C29H34ClNO5S/c1-28(2,3)36-27(34)31-29(4,19-32)15-14-21-10-12-23(17-24(21)30)37-26-16-22(11-13-25(26)33)35-18-20-8-6-5-7-9-20/h5-13,16-17,32-33H,14-15,18-19H2,1-4H3,(H,31,34)/t29-/m0/s1. The molecule has 1 amide bonds. The number of phenols is 1. The van der Waals surface area contributed by atoms with Crippen LogP contribution in [0.25, 0.3) is 0 Å². The zero-order chi connectivity index (χ0) is 27.1. The smallest absolute Gasteiger partial charge is 0.408 e. The predicted molar refractivity (Wildman–Crippen MR) is 148 cm³/mol. The lowest BCUT2D eigenvalue weighted by Gasteiger charge is -2.30. The van der Waals surface area contributed by atoms with Crippen LogP contribution in [0.1, 0.15) is 45.2 Å². The molecule has 3 aromatic carbocycles. The lowest BCUT2D eigenvalue weighted by Crippen LogP contribution is -2.50. The number of phenolic OH excluding ortho intramolecular Hbond substituents is 1. The summed E-state index contributed by atoms with van der Waals surface area (Å²) in [6.45, 7) is 7.33. The fraction of sp³-hybridized carbons (Fsp3) is 0.345. The van der Waals surface area contributed by atoms with Crippen molar-refractivity contribution in [2.75, 3.05) is 6.61 Å². The molecule has 6 nitrogen and oxygen atoms in total. The van der Waals surface area contributed by atoms with Crippen molar-refractivity contribution in [3.8, 4) is 11.5 Å². The maximum atomic E-state index is 12.2. The van der Waals surface area contributed by atoms with Gasteiger partial charge in [-0.2, -0.15) is 0 Å². The van der Waals surface area contributed by atoms with Gasteiger partial charge in [-0.3, -0.25) is 0 Å². The van der Waals surface area contributed by atoms with E-state index in [4.69, 9.17) is 21.1 Å². The first-order chi connectivity index (χ1) is 17.5. The summed E-state index contributed by atoms with van der Waals surface area (Å²) in [5.41, 5.74) is 0.469. The molecule has 0 bridgehead atoms. The Morgan fingerprint density at radius 2 is 1.76 bits per heavy atom. The molecule has 0 spiro atoms. The average Bonchev–Trinajstić information content (AvgIpc) is 2.83. The Morgan fingerprint density at radius 3 is 2.41 bits per heavy atom. The zero-order valence-corrected chi connectivity index (χ0v) is 23.2. The van der Waals surface area contributed by atoms with E-state index in [1.807, 2.05) is 48.5 Å². The van der Waals surface area contributed by atoms with Crippen LogP contribution in [0, 0.1) is 0 Å². The van der Waals surface area contributed by atoms with Crippen LogP contribution in [0.3, 0.4) is 0 Å². The first kappa shape index (κ1) is 28.7. The summed E-state index contributed by atoms with van der Waals surface area (Å²) in [5.74, 6) is 0.817. The van der Waals surface area contributed by atoms with Gasteiger partial charge in [0.15, 0.2) is 0 Å². The van der Waals surface area contributed by atoms with Crippen LogP contribution < -0.4 is 10.1 Å². The van der Waals surface area contributed by atoms with E-state index in [9.17, 15) is 15.0 Å². The third kappa shape index (κ3) is 9.18. The van der Waals surface area contributed by atoms with Crippen molar-refractivity contribution in [3.63, 3.8) is 0 Å². The average molecular weight is 544 g/mol. The lowest BCUT2D eigenvalue weighted by molar-refractivity contribution is 0.0407. The number of rotatable bonds is 10. The lowest BCUT2D eigenvalue weighted by atomic mass is 9.94. The molecule has 0 aliphatic carbocycles. The topological polar surface area (TPSA) is 88.0 Å². The summed E-state index contributed by atoms with van der Waals surface area (Å²) < 4.78 is 11.2. The minimum Gasteiger partial charge on any atom is -0.507 e. The van der Waals surface area contributed by atoms with E-state index in [2.05, 4.69) is 5.32 Å². The number of benzene rings is 3. The Bertz CT molecular complexity index is 1200. The highest BCUT2D eigenvalue weighted by atomic mass is 35.5. The van der Waals surface area contributed by atoms with E-state index in [0.717, 1.165) is 16.0 Å². The molecule has 0 saturated heterocycles. The number of aromatic hydroxyl groups is 1. The summed E-state index contributed by atoms with van der Waals surface area (Å²) in [6.07, 6.45) is 0.443. The maximum absolute atomic E-state index is 12.2. The molecule has 0 fully saturated rings. The maximum Gasteiger partial charge on any atom is 0.408 e. The Morgan fingerprint density at radius 1 is 1.03 bits per heavy atom. The van der Waals surface area contributed by atoms with Crippen molar-refractivity contribution < 1.29 is 24.5 Å². The van der Waals surface area contributed by atoms with Gasteiger partial charge in [-0.1, -0.05) is 59.8 Å². The molecule has 0 aromatic heterocycles. The number of halogens is 1. The zero-order valence-electron chi connectivity index (χ0n) is 21.6. The number of hydrogen-bond donors (Lipinski definition) is 3. The first-order valence-corrected chi connectivity index (χ1v) is 13.2. The number of nitrogens with one attached hydrogen (secondary N) is 1. The molecule has 198 valence electrons. The molecular formula is C29H34ClNO5S. The van der Waals surface area contributed by atoms with Crippen LogP contribution in [-0.2, 0) is 17.8 Å². The number of amides is 1. The van der Waals surface area contributed by atoms with Crippen molar-refractivity contribution in [2.45, 2.75) is 68.1 Å². The van der Waals surface area contributed by atoms with E-state index in [1.165, 1.54) is 11.8 Å². The Labute approximate surface area is 228 Å². The Kier molecular flexibility index (Phi) is 9.76. The summed E-state index contributed by atoms with van der Waals surface area (Å²) in [4.78, 5) is 13.7. The molecule has 0 aliphatic heterocycles. The molecule has 37 heavy (non-hydrogen) atoms. The van der Waals surface area contributed by atoms with Crippen LogP contribution >= 0.6 is 23.4 Å². The second-order valence-electron chi connectivity index (χ2n) is 10.1. The van der Waals surface area contributed by atoms with E-state index < -0.39 is 17.2 Å². The third-order valence-corrected chi connectivity index (χ3v) is 6.92. The highest BCUT2D eigenvalue weighted by molar-refractivity contribution is 7.99. The predicted octanol–water partition coefficient (Wildman–Crippen LogP) is 6.98. The fourth-order valence-corrected chi connectivity index (χ4v) is 4.72. The molecule has 1 atom stereocenters. The Hall–Kier alpha value is -2.87. The van der Waals surface area contributed by atoms with Gasteiger partial charge in [-0.15, -0.1) is 0 Å². The van der Waals surface area contributed by atoms with E-state index in [0.29, 0.717) is 35.1 Å². The largest absolute Gasteiger partial charge is 0.507 e. The van der Waals surface area contributed by atoms with Gasteiger partial charge >= 0.3 is 6.09 Å². The number of aryl methyl sites for hydroxylation is 1. The van der Waals surface area contributed by atoms with Gasteiger partial charge in [0.25, 0.3) is 0 Å². The molecule has 3 rings (SSSR count). The summed E-state index contributed by atoms with van der Waals surface area (Å²) in [7, 11) is 0. The minimum absolute atomic E-state index is 0.157. The molecule has 0 heterocycles. The van der Waals surface area contributed by atoms with Crippen molar-refractivity contribution in [2.24, 2.45) is 0 Å². The summed E-state index contributed by atoms with van der Waals surface area (Å²) in [6, 6.07) is 20.7. The summed E-state index contributed by atoms with van der Waals surface area (Å²) >= 11 is 7.96. The molecule has 0 unspecified atom stereocenters. The van der Waals surface area contributed by atoms with E-state index >= 15 is 0 Å². The van der Waals surface area contributed by atoms with Crippen molar-refractivity contribution >= 4 is 29.5 Å². The van der Waals surface area contributed by atoms with Gasteiger partial charge in [-0.25, -0.2) is 4.79 Å². The van der Waals surface area contributed by atoms with Crippen LogP contribution in [0.15, 0.2) is 76.5 Å². The monoisotopic (exact) mass is 543 g/mol. The van der Waals surface area contributed by atoms with Crippen LogP contribution in [0.4, 0.5) is 4.79 Å². The molecule has 3 N–H and O–H groups in total. The van der Waals surface area contributed by atoms with Gasteiger partial charge in [0.1, 0.15) is 23.7 Å². The fourth-order valence-electron chi connectivity index (χ4n) is 3.47. The molecular weight excluding hydrogens is 510 g/mol. The van der Waals surface area contributed by atoms with Gasteiger partial charge in [0.2, 0.25) is 0 Å². The number of carbonyl (C=O) groups is 1. The number of ether oxygens (including phenoxy) is 2. The highest BCUT2D eigenvalue weighted by Crippen LogP contribution is 2.38. The van der Waals surface area contributed by atoms with Gasteiger partial charge in [-0.05, 0) is 82.0 Å². The normalized spacial score (nSPS) is 13.0. The molecule has 0 aliphatic rings. The molecule has 3 aromatic rings. The van der Waals surface area contributed by atoms with Crippen LogP contribution in [0.2, 0.25) is 5.02 Å². The number of aliphatic hydroxyl groups is 1. The molecule has 8 heteroatoms. The van der Waals surface area contributed by atoms with Crippen molar-refractivity contribution in [1.82, 2.24) is 5.32 Å². The first-order valence-electron chi connectivity index (χ1n) is 12.0. The second kappa shape index (κ2) is 12.6. The molecule has 0 saturated carbocycles. The molecule has 0 radical (unpaired) electrons. The van der Waals surface area contributed by atoms with E-state index in [1.54, 1.807) is 45.9 Å². The van der Waals surface area contributed by atoms with Gasteiger partial charge < -0.3 is 25.0 Å². The number of carbonyl (C=O) groups excluding carboxylic acids is 1. The van der Waals surface area contributed by atoms with Crippen LogP contribution in [-0.4, -0.2) is 34.1 Å². The highest BCUT2D eigenvalue weighted by Gasteiger charge is 2.28. The van der Waals surface area contributed by atoms with Crippen molar-refractivity contribution in [3.05, 3.63) is 82.9 Å². The second-order valence-corrected chi connectivity index (χ2v) is 11.6. The third-order valence-electron chi connectivity index (χ3n) is 5.53. The van der Waals surface area contributed by atoms with Gasteiger partial charge in [0.05, 0.1) is 17.0 Å². The summed E-state index contributed by atoms with van der Waals surface area (Å²) in [5, 5.41) is 23.6. The number of alkyl carbamates (subject to hydrolysis) is 1. The van der Waals surface area contributed by atoms with E-state index in [-0.39, 0.29) is 12.4 Å².